The van der Waals surface area contributed by atoms with Gasteiger partial charge in [-0.3, -0.25) is 19.5 Å². The zero-order valence-corrected chi connectivity index (χ0v) is 18.7. The summed E-state index contributed by atoms with van der Waals surface area (Å²) in [5.41, 5.74) is 5.46. The number of thiophene rings is 1. The second-order valence-electron chi connectivity index (χ2n) is 7.15. The molecule has 0 radical (unpaired) electrons. The number of aryl methyl sites for hydroxylation is 2. The van der Waals surface area contributed by atoms with Crippen molar-refractivity contribution in [1.29, 1.82) is 0 Å². The van der Waals surface area contributed by atoms with Crippen LogP contribution < -0.4 is 16.3 Å². The molecule has 3 aromatic rings. The summed E-state index contributed by atoms with van der Waals surface area (Å²) in [6.45, 7) is 7.97. The lowest BCUT2D eigenvalue weighted by Crippen LogP contribution is -2.23. The molecular weight excluding hydrogens is 414 g/mol. The van der Waals surface area contributed by atoms with Crippen molar-refractivity contribution >= 4 is 28.9 Å². The Labute approximate surface area is 184 Å². The molecule has 2 aromatic heterocycles. The number of carbonyl (C=O) groups is 2. The molecule has 0 aliphatic heterocycles. The highest BCUT2D eigenvalue weighted by Gasteiger charge is 2.17. The summed E-state index contributed by atoms with van der Waals surface area (Å²) in [4.78, 5) is 38.1. The van der Waals surface area contributed by atoms with Gasteiger partial charge >= 0.3 is 0 Å². The standard InChI is InChI=1S/C22H25N5O3S/c1-5-12-23-20(28)17-10-11-18(31-17)21(29)25-24-14(3)19-15(4)26-27(22(19)30)16-8-6-13(2)7-9-16/h6-11,26H,5,12H2,1-4H3,(H,23,28)(H,25,29). The van der Waals surface area contributed by atoms with E-state index in [9.17, 15) is 14.4 Å². The summed E-state index contributed by atoms with van der Waals surface area (Å²) < 4.78 is 1.45. The van der Waals surface area contributed by atoms with Crippen molar-refractivity contribution in [2.45, 2.75) is 34.1 Å². The van der Waals surface area contributed by atoms with E-state index < -0.39 is 5.91 Å². The predicted molar refractivity (Wildman–Crippen MR) is 122 cm³/mol. The molecule has 0 atom stereocenters. The van der Waals surface area contributed by atoms with Crippen LogP contribution in [0.5, 0.6) is 0 Å². The molecule has 0 saturated carbocycles. The minimum Gasteiger partial charge on any atom is -0.351 e. The number of H-pyrrole nitrogens is 1. The number of nitrogens with one attached hydrogen (secondary N) is 3. The van der Waals surface area contributed by atoms with Gasteiger partial charge in [-0.2, -0.15) is 5.10 Å². The van der Waals surface area contributed by atoms with Crippen LogP contribution in [-0.2, 0) is 0 Å². The molecular formula is C22H25N5O3S. The van der Waals surface area contributed by atoms with E-state index in [0.717, 1.165) is 23.3 Å². The van der Waals surface area contributed by atoms with Crippen molar-refractivity contribution < 1.29 is 9.59 Å². The lowest BCUT2D eigenvalue weighted by Gasteiger charge is -2.01. The van der Waals surface area contributed by atoms with Crippen molar-refractivity contribution in [3.63, 3.8) is 0 Å². The zero-order chi connectivity index (χ0) is 22.5. The molecule has 9 heteroatoms. The number of amides is 2. The maximum atomic E-state index is 12.9. The second-order valence-corrected chi connectivity index (χ2v) is 8.23. The Kier molecular flexibility index (Phi) is 6.86. The highest BCUT2D eigenvalue weighted by molar-refractivity contribution is 7.15. The van der Waals surface area contributed by atoms with Gasteiger partial charge in [-0.15, -0.1) is 11.3 Å². The lowest BCUT2D eigenvalue weighted by atomic mass is 10.2. The molecule has 0 fully saturated rings. The Hall–Kier alpha value is -3.46. The predicted octanol–water partition coefficient (Wildman–Crippen LogP) is 3.14. The topological polar surface area (TPSA) is 108 Å². The van der Waals surface area contributed by atoms with Gasteiger partial charge in [-0.1, -0.05) is 24.6 Å². The van der Waals surface area contributed by atoms with Crippen molar-refractivity contribution in [3.05, 3.63) is 73.3 Å². The van der Waals surface area contributed by atoms with E-state index in [1.54, 1.807) is 26.0 Å². The molecule has 0 spiro atoms. The summed E-state index contributed by atoms with van der Waals surface area (Å²) in [7, 11) is 0. The van der Waals surface area contributed by atoms with Crippen LogP contribution in [0.15, 0.2) is 46.3 Å². The molecule has 3 rings (SSSR count). The first kappa shape index (κ1) is 22.2. The Morgan fingerprint density at radius 2 is 1.71 bits per heavy atom. The maximum Gasteiger partial charge on any atom is 0.281 e. The summed E-state index contributed by atoms with van der Waals surface area (Å²) in [6.07, 6.45) is 0.836. The first-order chi connectivity index (χ1) is 14.8. The average Bonchev–Trinajstić information content (AvgIpc) is 3.36. The number of rotatable bonds is 7. The highest BCUT2D eigenvalue weighted by Crippen LogP contribution is 2.16. The van der Waals surface area contributed by atoms with Gasteiger partial charge in [0.05, 0.1) is 26.7 Å². The molecule has 2 heterocycles. The quantitative estimate of drug-likeness (QED) is 0.389. The Morgan fingerprint density at radius 3 is 2.35 bits per heavy atom. The molecule has 3 N–H and O–H groups in total. The molecule has 1 aromatic carbocycles. The van der Waals surface area contributed by atoms with Gasteiger partial charge in [0.25, 0.3) is 17.4 Å². The normalized spacial score (nSPS) is 11.4. The number of hydrogen-bond donors (Lipinski definition) is 3. The minimum atomic E-state index is -0.439. The van der Waals surface area contributed by atoms with E-state index in [2.05, 4.69) is 20.9 Å². The van der Waals surface area contributed by atoms with Gasteiger partial charge < -0.3 is 5.32 Å². The van der Waals surface area contributed by atoms with Gasteiger partial charge in [0, 0.05) is 12.2 Å². The van der Waals surface area contributed by atoms with E-state index >= 15 is 0 Å². The molecule has 0 bridgehead atoms. The van der Waals surface area contributed by atoms with Gasteiger partial charge in [-0.25, -0.2) is 10.1 Å². The van der Waals surface area contributed by atoms with Crippen LogP contribution in [0.25, 0.3) is 5.69 Å². The smallest absolute Gasteiger partial charge is 0.281 e. The second kappa shape index (κ2) is 9.57. The van der Waals surface area contributed by atoms with Crippen LogP contribution >= 0.6 is 11.3 Å². The van der Waals surface area contributed by atoms with Gasteiger partial charge in [0.2, 0.25) is 0 Å². The van der Waals surface area contributed by atoms with Gasteiger partial charge in [-0.05, 0) is 51.5 Å². The molecule has 2 amide bonds. The molecule has 0 unspecified atom stereocenters. The summed E-state index contributed by atoms with van der Waals surface area (Å²) in [6, 6.07) is 10.8. The van der Waals surface area contributed by atoms with E-state index in [4.69, 9.17) is 0 Å². The Morgan fingerprint density at radius 1 is 1.06 bits per heavy atom. The first-order valence-corrected chi connectivity index (χ1v) is 10.7. The number of hydrogen-bond acceptors (Lipinski definition) is 5. The summed E-state index contributed by atoms with van der Waals surface area (Å²) in [5.74, 6) is -0.642. The van der Waals surface area contributed by atoms with Crippen LogP contribution in [0.2, 0.25) is 0 Å². The van der Waals surface area contributed by atoms with E-state index in [0.29, 0.717) is 39.0 Å². The van der Waals surface area contributed by atoms with Gasteiger partial charge in [0.1, 0.15) is 0 Å². The molecule has 0 saturated heterocycles. The third-order valence-corrected chi connectivity index (χ3v) is 5.72. The fraction of sp³-hybridized carbons (Fsp3) is 0.273. The van der Waals surface area contributed by atoms with Crippen LogP contribution in [-0.4, -0.2) is 33.9 Å². The van der Waals surface area contributed by atoms with Gasteiger partial charge in [0.15, 0.2) is 0 Å². The average molecular weight is 440 g/mol. The fourth-order valence-electron chi connectivity index (χ4n) is 3.00. The third-order valence-electron chi connectivity index (χ3n) is 4.64. The highest BCUT2D eigenvalue weighted by atomic mass is 32.1. The van der Waals surface area contributed by atoms with Crippen molar-refractivity contribution in [3.8, 4) is 5.69 Å². The number of carbonyl (C=O) groups excluding carboxylic acids is 2. The molecule has 0 aliphatic rings. The number of benzene rings is 1. The molecule has 162 valence electrons. The van der Waals surface area contributed by atoms with Crippen LogP contribution in [0.3, 0.4) is 0 Å². The largest absolute Gasteiger partial charge is 0.351 e. The van der Waals surface area contributed by atoms with Crippen molar-refractivity contribution in [1.82, 2.24) is 20.5 Å². The number of nitrogens with zero attached hydrogens (tertiary/aromatic N) is 2. The van der Waals surface area contributed by atoms with Crippen molar-refractivity contribution in [2.24, 2.45) is 5.10 Å². The van der Waals surface area contributed by atoms with Crippen LogP contribution in [0.1, 0.15) is 56.4 Å². The van der Waals surface area contributed by atoms with E-state index in [-0.39, 0.29) is 11.5 Å². The van der Waals surface area contributed by atoms with Crippen molar-refractivity contribution in [2.75, 3.05) is 6.54 Å². The number of aromatic amines is 1. The van der Waals surface area contributed by atoms with E-state index in [1.165, 1.54) is 4.68 Å². The monoisotopic (exact) mass is 439 g/mol. The SMILES string of the molecule is CCCNC(=O)c1ccc(C(=O)NN=C(C)c2c(C)[nH]n(-c3ccc(C)cc3)c2=O)s1. The number of hydrazone groups is 1. The van der Waals surface area contributed by atoms with Crippen LogP contribution in [0.4, 0.5) is 0 Å². The molecule has 0 aliphatic carbocycles. The van der Waals surface area contributed by atoms with E-state index in [1.807, 2.05) is 38.1 Å². The minimum absolute atomic E-state index is 0.204. The Bertz CT molecular complexity index is 1180. The maximum absolute atomic E-state index is 12.9. The molecule has 8 nitrogen and oxygen atoms in total. The zero-order valence-electron chi connectivity index (χ0n) is 17.9. The Balaban J connectivity index is 1.76. The molecule has 31 heavy (non-hydrogen) atoms. The summed E-state index contributed by atoms with van der Waals surface area (Å²) >= 11 is 1.09. The third kappa shape index (κ3) is 5.00. The first-order valence-electron chi connectivity index (χ1n) is 9.93. The summed E-state index contributed by atoms with van der Waals surface area (Å²) in [5, 5.41) is 9.93. The lowest BCUT2D eigenvalue weighted by molar-refractivity contribution is 0.0951. The number of aromatic nitrogens is 2. The fourth-order valence-corrected chi connectivity index (χ4v) is 3.81. The van der Waals surface area contributed by atoms with Crippen LogP contribution in [0, 0.1) is 13.8 Å².